The Morgan fingerprint density at radius 1 is 0.857 bits per heavy atom. The number of nitrogens with one attached hydrogen (secondary N) is 1. The van der Waals surface area contributed by atoms with Gasteiger partial charge in [-0.15, -0.1) is 0 Å². The number of anilines is 1. The van der Waals surface area contributed by atoms with Crippen molar-refractivity contribution in [3.8, 4) is 5.75 Å². The first kappa shape index (κ1) is 26.2. The van der Waals surface area contributed by atoms with E-state index in [1.54, 1.807) is 0 Å². The van der Waals surface area contributed by atoms with Crippen LogP contribution in [-0.2, 0) is 24.3 Å². The fraction of sp³-hybridized carbons (Fsp3) is 0.375. The molecule has 1 fully saturated rings. The van der Waals surface area contributed by atoms with Crippen molar-refractivity contribution in [3.05, 3.63) is 53.6 Å². The first-order valence-corrected chi connectivity index (χ1v) is 12.5. The van der Waals surface area contributed by atoms with Crippen LogP contribution in [0.15, 0.2) is 47.4 Å². The molecule has 35 heavy (non-hydrogen) atoms. The van der Waals surface area contributed by atoms with Crippen molar-refractivity contribution in [2.75, 3.05) is 39.2 Å². The molecule has 0 bridgehead atoms. The summed E-state index contributed by atoms with van der Waals surface area (Å²) in [6.07, 6.45) is 3.74. The Hall–Kier alpha value is -3.44. The minimum atomic E-state index is -3.58. The predicted octanol–water partition coefficient (Wildman–Crippen LogP) is 2.84. The molecule has 0 spiro atoms. The fourth-order valence-corrected chi connectivity index (χ4v) is 5.17. The van der Waals surface area contributed by atoms with E-state index in [0.29, 0.717) is 18.8 Å². The van der Waals surface area contributed by atoms with Gasteiger partial charge in [-0.25, -0.2) is 18.0 Å². The van der Waals surface area contributed by atoms with Crippen molar-refractivity contribution in [1.82, 2.24) is 4.31 Å². The zero-order valence-electron chi connectivity index (χ0n) is 19.6. The number of carbonyl (C=O) groups excluding carboxylic acids is 3. The van der Waals surface area contributed by atoms with Crippen LogP contribution in [0.5, 0.6) is 5.75 Å². The summed E-state index contributed by atoms with van der Waals surface area (Å²) in [6.45, 7) is 0.638. The van der Waals surface area contributed by atoms with E-state index in [-0.39, 0.29) is 28.3 Å². The van der Waals surface area contributed by atoms with Crippen LogP contribution >= 0.6 is 0 Å². The maximum absolute atomic E-state index is 12.9. The van der Waals surface area contributed by atoms with E-state index < -0.39 is 27.9 Å². The SMILES string of the molecule is COC(=O)c1cc(NC(=O)COc2ccc(S(=O)(=O)N3CCCCCC3)cc2)cc(C(=O)OC)c1. The van der Waals surface area contributed by atoms with Gasteiger partial charge in [0.1, 0.15) is 5.75 Å². The second-order valence-electron chi connectivity index (χ2n) is 7.91. The van der Waals surface area contributed by atoms with E-state index in [0.717, 1.165) is 25.7 Å². The molecule has 0 aliphatic carbocycles. The molecule has 1 aliphatic heterocycles. The van der Waals surface area contributed by atoms with Crippen molar-refractivity contribution < 1.29 is 37.0 Å². The number of sulfonamides is 1. The molecular weight excluding hydrogens is 476 g/mol. The van der Waals surface area contributed by atoms with Crippen LogP contribution in [-0.4, -0.2) is 64.5 Å². The maximum atomic E-state index is 12.9. The van der Waals surface area contributed by atoms with E-state index in [4.69, 9.17) is 4.74 Å². The number of hydrogen-bond donors (Lipinski definition) is 1. The lowest BCUT2D eigenvalue weighted by Crippen LogP contribution is -2.31. The minimum absolute atomic E-state index is 0.0628. The van der Waals surface area contributed by atoms with Crippen LogP contribution in [0.25, 0.3) is 0 Å². The Morgan fingerprint density at radius 3 is 1.91 bits per heavy atom. The topological polar surface area (TPSA) is 128 Å². The molecule has 2 aromatic rings. The molecule has 11 heteroatoms. The van der Waals surface area contributed by atoms with Gasteiger partial charge in [0.2, 0.25) is 10.0 Å². The predicted molar refractivity (Wildman–Crippen MR) is 127 cm³/mol. The highest BCUT2D eigenvalue weighted by Gasteiger charge is 2.25. The maximum Gasteiger partial charge on any atom is 0.337 e. The van der Waals surface area contributed by atoms with Crippen LogP contribution in [0.2, 0.25) is 0 Å². The van der Waals surface area contributed by atoms with Gasteiger partial charge in [-0.1, -0.05) is 12.8 Å². The minimum Gasteiger partial charge on any atom is -0.484 e. The lowest BCUT2D eigenvalue weighted by Gasteiger charge is -2.20. The van der Waals surface area contributed by atoms with Gasteiger partial charge in [-0.3, -0.25) is 4.79 Å². The van der Waals surface area contributed by atoms with Gasteiger partial charge < -0.3 is 19.5 Å². The Labute approximate surface area is 204 Å². The molecule has 3 rings (SSSR count). The second kappa shape index (κ2) is 11.8. The summed E-state index contributed by atoms with van der Waals surface area (Å²) < 4.78 is 42.1. The quantitative estimate of drug-likeness (QED) is 0.544. The van der Waals surface area contributed by atoms with Gasteiger partial charge in [0.25, 0.3) is 5.91 Å². The molecule has 0 radical (unpaired) electrons. The van der Waals surface area contributed by atoms with Gasteiger partial charge in [0, 0.05) is 18.8 Å². The zero-order chi connectivity index (χ0) is 25.4. The number of methoxy groups -OCH3 is 2. The molecule has 0 unspecified atom stereocenters. The monoisotopic (exact) mass is 504 g/mol. The summed E-state index contributed by atoms with van der Waals surface area (Å²) in [5.74, 6) is -1.60. The van der Waals surface area contributed by atoms with Gasteiger partial charge in [0.15, 0.2) is 6.61 Å². The number of esters is 2. The molecule has 10 nitrogen and oxygen atoms in total. The molecule has 1 aliphatic rings. The van der Waals surface area contributed by atoms with Crippen LogP contribution in [0, 0.1) is 0 Å². The molecule has 0 atom stereocenters. The Morgan fingerprint density at radius 2 is 1.40 bits per heavy atom. The highest BCUT2D eigenvalue weighted by atomic mass is 32.2. The van der Waals surface area contributed by atoms with Crippen molar-refractivity contribution in [1.29, 1.82) is 0 Å². The Balaban J connectivity index is 1.64. The smallest absolute Gasteiger partial charge is 0.337 e. The number of benzene rings is 2. The summed E-state index contributed by atoms with van der Waals surface area (Å²) in [5.41, 5.74) is 0.307. The fourth-order valence-electron chi connectivity index (χ4n) is 3.66. The van der Waals surface area contributed by atoms with Gasteiger partial charge >= 0.3 is 11.9 Å². The van der Waals surface area contributed by atoms with Crippen molar-refractivity contribution in [2.24, 2.45) is 0 Å². The first-order valence-electron chi connectivity index (χ1n) is 11.1. The molecule has 0 aromatic heterocycles. The number of ether oxygens (including phenoxy) is 3. The van der Waals surface area contributed by atoms with Crippen LogP contribution in [0.4, 0.5) is 5.69 Å². The van der Waals surface area contributed by atoms with Crippen molar-refractivity contribution >= 4 is 33.6 Å². The van der Waals surface area contributed by atoms with E-state index in [1.807, 2.05) is 0 Å². The van der Waals surface area contributed by atoms with E-state index in [2.05, 4.69) is 14.8 Å². The molecule has 1 heterocycles. The highest BCUT2D eigenvalue weighted by Crippen LogP contribution is 2.23. The van der Waals surface area contributed by atoms with E-state index in [9.17, 15) is 22.8 Å². The number of carbonyl (C=O) groups is 3. The third kappa shape index (κ3) is 6.80. The lowest BCUT2D eigenvalue weighted by atomic mass is 10.1. The molecule has 1 N–H and O–H groups in total. The average molecular weight is 505 g/mol. The van der Waals surface area contributed by atoms with E-state index in [1.165, 1.54) is 61.0 Å². The summed E-state index contributed by atoms with van der Waals surface area (Å²) >= 11 is 0. The zero-order valence-corrected chi connectivity index (χ0v) is 20.4. The van der Waals surface area contributed by atoms with Gasteiger partial charge in [-0.05, 0) is 55.3 Å². The Kier molecular flexibility index (Phi) is 8.83. The second-order valence-corrected chi connectivity index (χ2v) is 9.85. The molecule has 1 saturated heterocycles. The summed E-state index contributed by atoms with van der Waals surface area (Å²) in [5, 5.41) is 2.55. The number of nitrogens with zero attached hydrogens (tertiary/aromatic N) is 1. The number of amides is 1. The molecule has 0 saturated carbocycles. The largest absolute Gasteiger partial charge is 0.484 e. The molecule has 2 aromatic carbocycles. The number of rotatable bonds is 8. The van der Waals surface area contributed by atoms with Crippen LogP contribution < -0.4 is 10.1 Å². The number of hydrogen-bond acceptors (Lipinski definition) is 8. The normalized spacial score (nSPS) is 14.5. The summed E-state index contributed by atoms with van der Waals surface area (Å²) in [7, 11) is -1.18. The van der Waals surface area contributed by atoms with Crippen molar-refractivity contribution in [3.63, 3.8) is 0 Å². The third-order valence-electron chi connectivity index (χ3n) is 5.46. The lowest BCUT2D eigenvalue weighted by molar-refractivity contribution is -0.118. The molecular formula is C24H28N2O8S. The summed E-state index contributed by atoms with van der Waals surface area (Å²) in [6, 6.07) is 9.91. The van der Waals surface area contributed by atoms with Crippen molar-refractivity contribution in [2.45, 2.75) is 30.6 Å². The highest BCUT2D eigenvalue weighted by molar-refractivity contribution is 7.89. The van der Waals surface area contributed by atoms with Gasteiger partial charge in [-0.2, -0.15) is 4.31 Å². The first-order chi connectivity index (χ1) is 16.7. The average Bonchev–Trinajstić information content (AvgIpc) is 3.17. The van der Waals surface area contributed by atoms with E-state index >= 15 is 0 Å². The van der Waals surface area contributed by atoms with Gasteiger partial charge in [0.05, 0.1) is 30.2 Å². The van der Waals surface area contributed by atoms with Crippen LogP contribution in [0.1, 0.15) is 46.4 Å². The standard InChI is InChI=1S/C24H28N2O8S/c1-32-23(28)17-13-18(24(29)33-2)15-19(14-17)25-22(27)16-34-20-7-9-21(10-8-20)35(30,31)26-11-5-3-4-6-12-26/h7-10,13-15H,3-6,11-12,16H2,1-2H3,(H,25,27). The molecule has 188 valence electrons. The Bertz CT molecular complexity index is 1140. The van der Waals surface area contributed by atoms with Crippen LogP contribution in [0.3, 0.4) is 0 Å². The molecule has 1 amide bonds. The third-order valence-corrected chi connectivity index (χ3v) is 7.37. The summed E-state index contributed by atoms with van der Waals surface area (Å²) in [4.78, 5) is 36.3.